The van der Waals surface area contributed by atoms with Gasteiger partial charge in [0.2, 0.25) is 12.4 Å². The SMILES string of the molecule is Cc1cc(C(=O)N2CCN(C=O)CC2)nc(N(Cc2ccccc2)C(C)C)n1. The lowest BCUT2D eigenvalue weighted by atomic mass is 10.2. The zero-order valence-corrected chi connectivity index (χ0v) is 16.7. The summed E-state index contributed by atoms with van der Waals surface area (Å²) in [6.45, 7) is 8.89. The van der Waals surface area contributed by atoms with Gasteiger partial charge in [0.05, 0.1) is 0 Å². The van der Waals surface area contributed by atoms with Crippen molar-refractivity contribution in [3.8, 4) is 0 Å². The van der Waals surface area contributed by atoms with Gasteiger partial charge in [0.15, 0.2) is 0 Å². The number of carbonyl (C=O) groups excluding carboxylic acids is 2. The molecule has 1 fully saturated rings. The highest BCUT2D eigenvalue weighted by Gasteiger charge is 2.24. The average molecular weight is 381 g/mol. The first-order chi connectivity index (χ1) is 13.5. The molecular weight excluding hydrogens is 354 g/mol. The molecular formula is C21H27N5O2. The van der Waals surface area contributed by atoms with E-state index in [1.165, 1.54) is 5.56 Å². The van der Waals surface area contributed by atoms with Gasteiger partial charge >= 0.3 is 0 Å². The minimum Gasteiger partial charge on any atom is -0.342 e. The van der Waals surface area contributed by atoms with Crippen molar-refractivity contribution in [1.82, 2.24) is 19.8 Å². The lowest BCUT2D eigenvalue weighted by Crippen LogP contribution is -2.48. The second kappa shape index (κ2) is 8.82. The number of nitrogens with zero attached hydrogens (tertiary/aromatic N) is 5. The highest BCUT2D eigenvalue weighted by molar-refractivity contribution is 5.92. The predicted molar refractivity (Wildman–Crippen MR) is 108 cm³/mol. The van der Waals surface area contributed by atoms with Crippen LogP contribution in [0.5, 0.6) is 0 Å². The minimum absolute atomic E-state index is 0.110. The van der Waals surface area contributed by atoms with E-state index in [4.69, 9.17) is 0 Å². The number of hydrogen-bond donors (Lipinski definition) is 0. The summed E-state index contributed by atoms with van der Waals surface area (Å²) in [5.41, 5.74) is 2.33. The van der Waals surface area contributed by atoms with Gasteiger partial charge in [-0.1, -0.05) is 30.3 Å². The van der Waals surface area contributed by atoms with Gasteiger partial charge in [0.25, 0.3) is 5.91 Å². The van der Waals surface area contributed by atoms with Crippen molar-refractivity contribution in [1.29, 1.82) is 0 Å². The third-order valence-corrected chi connectivity index (χ3v) is 4.89. The Labute approximate surface area is 166 Å². The van der Waals surface area contributed by atoms with Gasteiger partial charge in [-0.3, -0.25) is 9.59 Å². The van der Waals surface area contributed by atoms with Crippen LogP contribution in [0, 0.1) is 6.92 Å². The second-order valence-electron chi connectivity index (χ2n) is 7.34. The zero-order valence-electron chi connectivity index (χ0n) is 16.7. The maximum atomic E-state index is 13.0. The quantitative estimate of drug-likeness (QED) is 0.717. The van der Waals surface area contributed by atoms with E-state index >= 15 is 0 Å². The summed E-state index contributed by atoms with van der Waals surface area (Å²) in [6, 6.07) is 12.1. The second-order valence-corrected chi connectivity index (χ2v) is 7.34. The molecule has 1 aromatic carbocycles. The molecule has 0 saturated carbocycles. The van der Waals surface area contributed by atoms with Gasteiger partial charge in [-0.2, -0.15) is 0 Å². The normalized spacial score (nSPS) is 14.3. The standard InChI is InChI=1S/C21H27N5O2/c1-16(2)26(14-18-7-5-4-6-8-18)21-22-17(3)13-19(23-21)20(28)25-11-9-24(15-27)10-12-25/h4-8,13,15-16H,9-12,14H2,1-3H3. The Kier molecular flexibility index (Phi) is 6.23. The number of benzene rings is 1. The van der Waals surface area contributed by atoms with Crippen LogP contribution in [0.2, 0.25) is 0 Å². The summed E-state index contributed by atoms with van der Waals surface area (Å²) in [5.74, 6) is 0.453. The van der Waals surface area contributed by atoms with Crippen molar-refractivity contribution in [2.45, 2.75) is 33.4 Å². The van der Waals surface area contributed by atoms with Gasteiger partial charge in [0, 0.05) is 44.5 Å². The minimum atomic E-state index is -0.110. The van der Waals surface area contributed by atoms with Crippen molar-refractivity contribution in [3.63, 3.8) is 0 Å². The Balaban J connectivity index is 1.83. The molecule has 7 nitrogen and oxygen atoms in total. The number of aryl methyl sites for hydroxylation is 1. The lowest BCUT2D eigenvalue weighted by Gasteiger charge is -2.32. The average Bonchev–Trinajstić information content (AvgIpc) is 2.71. The molecule has 1 saturated heterocycles. The molecule has 7 heteroatoms. The van der Waals surface area contributed by atoms with Crippen LogP contribution in [-0.4, -0.2) is 64.3 Å². The van der Waals surface area contributed by atoms with E-state index in [1.807, 2.05) is 25.1 Å². The van der Waals surface area contributed by atoms with Crippen LogP contribution in [0.15, 0.2) is 36.4 Å². The first kappa shape index (κ1) is 19.8. The molecule has 28 heavy (non-hydrogen) atoms. The van der Waals surface area contributed by atoms with Crippen LogP contribution in [0.25, 0.3) is 0 Å². The van der Waals surface area contributed by atoms with Crippen LogP contribution < -0.4 is 4.90 Å². The summed E-state index contributed by atoms with van der Waals surface area (Å²) < 4.78 is 0. The van der Waals surface area contributed by atoms with E-state index in [-0.39, 0.29) is 11.9 Å². The van der Waals surface area contributed by atoms with Crippen LogP contribution in [-0.2, 0) is 11.3 Å². The predicted octanol–water partition coefficient (Wildman–Crippen LogP) is 2.11. The summed E-state index contributed by atoms with van der Waals surface area (Å²) >= 11 is 0. The van der Waals surface area contributed by atoms with E-state index < -0.39 is 0 Å². The first-order valence-electron chi connectivity index (χ1n) is 9.63. The zero-order chi connectivity index (χ0) is 20.1. The summed E-state index contributed by atoms with van der Waals surface area (Å²) in [6.07, 6.45) is 0.832. The number of carbonyl (C=O) groups is 2. The lowest BCUT2D eigenvalue weighted by molar-refractivity contribution is -0.119. The monoisotopic (exact) mass is 381 g/mol. The number of aromatic nitrogens is 2. The summed E-state index contributed by atoms with van der Waals surface area (Å²) in [5, 5.41) is 0. The Bertz CT molecular complexity index is 817. The van der Waals surface area contributed by atoms with Crippen LogP contribution in [0.3, 0.4) is 0 Å². The molecule has 3 rings (SSSR count). The van der Waals surface area contributed by atoms with Crippen molar-refractivity contribution in [3.05, 3.63) is 53.3 Å². The topological polar surface area (TPSA) is 69.6 Å². The molecule has 0 atom stereocenters. The molecule has 1 aliphatic rings. The van der Waals surface area contributed by atoms with Crippen molar-refractivity contribution < 1.29 is 9.59 Å². The molecule has 0 unspecified atom stereocenters. The van der Waals surface area contributed by atoms with Gasteiger partial charge < -0.3 is 14.7 Å². The van der Waals surface area contributed by atoms with E-state index in [0.717, 1.165) is 12.1 Å². The molecule has 2 aromatic rings. The Morgan fingerprint density at radius 2 is 1.82 bits per heavy atom. The summed E-state index contributed by atoms with van der Waals surface area (Å²) in [4.78, 5) is 38.6. The summed E-state index contributed by atoms with van der Waals surface area (Å²) in [7, 11) is 0. The molecule has 0 radical (unpaired) electrons. The Morgan fingerprint density at radius 1 is 1.14 bits per heavy atom. The van der Waals surface area contributed by atoms with Crippen molar-refractivity contribution in [2.75, 3.05) is 31.1 Å². The molecule has 148 valence electrons. The van der Waals surface area contributed by atoms with Crippen molar-refractivity contribution >= 4 is 18.3 Å². The first-order valence-corrected chi connectivity index (χ1v) is 9.63. The number of amides is 2. The highest BCUT2D eigenvalue weighted by atomic mass is 16.2. The third kappa shape index (κ3) is 4.65. The molecule has 1 aliphatic heterocycles. The number of anilines is 1. The molecule has 0 spiro atoms. The molecule has 0 aliphatic carbocycles. The molecule has 0 bridgehead atoms. The molecule has 2 amide bonds. The largest absolute Gasteiger partial charge is 0.342 e. The van der Waals surface area contributed by atoms with Crippen LogP contribution in [0.1, 0.15) is 35.6 Å². The van der Waals surface area contributed by atoms with E-state index in [1.54, 1.807) is 15.9 Å². The van der Waals surface area contributed by atoms with Gasteiger partial charge in [-0.25, -0.2) is 9.97 Å². The van der Waals surface area contributed by atoms with Crippen molar-refractivity contribution in [2.24, 2.45) is 0 Å². The van der Waals surface area contributed by atoms with Crippen LogP contribution >= 0.6 is 0 Å². The Hall–Kier alpha value is -2.96. The third-order valence-electron chi connectivity index (χ3n) is 4.89. The number of rotatable bonds is 6. The number of hydrogen-bond acceptors (Lipinski definition) is 5. The maximum absolute atomic E-state index is 13.0. The van der Waals surface area contributed by atoms with E-state index in [9.17, 15) is 9.59 Å². The smallest absolute Gasteiger partial charge is 0.272 e. The van der Waals surface area contributed by atoms with Gasteiger partial charge in [0.1, 0.15) is 5.69 Å². The van der Waals surface area contributed by atoms with Gasteiger partial charge in [-0.15, -0.1) is 0 Å². The fourth-order valence-corrected chi connectivity index (χ4v) is 3.25. The molecule has 0 N–H and O–H groups in total. The van der Waals surface area contributed by atoms with Crippen LogP contribution in [0.4, 0.5) is 5.95 Å². The maximum Gasteiger partial charge on any atom is 0.272 e. The molecule has 1 aromatic heterocycles. The highest BCUT2D eigenvalue weighted by Crippen LogP contribution is 2.18. The number of piperazine rings is 1. The fourth-order valence-electron chi connectivity index (χ4n) is 3.25. The van der Waals surface area contributed by atoms with E-state index in [2.05, 4.69) is 40.8 Å². The Morgan fingerprint density at radius 3 is 2.43 bits per heavy atom. The fraction of sp³-hybridized carbons (Fsp3) is 0.429. The van der Waals surface area contributed by atoms with E-state index in [0.29, 0.717) is 44.4 Å². The molecule has 2 heterocycles. The van der Waals surface area contributed by atoms with Gasteiger partial charge in [-0.05, 0) is 32.4 Å².